The Kier molecular flexibility index (Phi) is 6.10. The number of hydrogen-bond donors (Lipinski definition) is 1. The van der Waals surface area contributed by atoms with Gasteiger partial charge < -0.3 is 10.6 Å². The molecule has 0 bridgehead atoms. The Bertz CT molecular complexity index is 235. The van der Waals surface area contributed by atoms with Crippen molar-refractivity contribution < 1.29 is 18.0 Å². The van der Waals surface area contributed by atoms with Crippen LogP contribution in [0.15, 0.2) is 0 Å². The molecule has 0 aromatic heterocycles. The maximum absolute atomic E-state index is 11.9. The van der Waals surface area contributed by atoms with Crippen molar-refractivity contribution in [3.05, 3.63) is 0 Å². The normalized spacial score (nSPS) is 20.8. The molecule has 1 rings (SSSR count). The molecule has 1 aliphatic rings. The van der Waals surface area contributed by atoms with Gasteiger partial charge in [-0.05, 0) is 12.8 Å². The average Bonchev–Trinajstić information content (AvgIpc) is 2.60. The van der Waals surface area contributed by atoms with Crippen molar-refractivity contribution in [1.29, 1.82) is 0 Å². The number of rotatable bonds is 3. The molecule has 0 spiro atoms. The summed E-state index contributed by atoms with van der Waals surface area (Å²) in [5.41, 5.74) is 5.43. The molecule has 1 saturated heterocycles. The summed E-state index contributed by atoms with van der Waals surface area (Å²) in [6.07, 6.45) is -4.12. The van der Waals surface area contributed by atoms with Crippen molar-refractivity contribution in [2.45, 2.75) is 37.9 Å². The first-order valence-electron chi connectivity index (χ1n) is 5.00. The summed E-state index contributed by atoms with van der Waals surface area (Å²) in [6, 6.07) is -0.0641. The third-order valence-corrected chi connectivity index (χ3v) is 2.59. The van der Waals surface area contributed by atoms with Gasteiger partial charge in [-0.1, -0.05) is 0 Å². The molecule has 0 aliphatic carbocycles. The highest BCUT2D eigenvalue weighted by molar-refractivity contribution is 5.85. The van der Waals surface area contributed by atoms with E-state index in [1.165, 1.54) is 4.90 Å². The maximum Gasteiger partial charge on any atom is 0.389 e. The lowest BCUT2D eigenvalue weighted by atomic mass is 10.2. The molecular weight excluding hydrogens is 245 g/mol. The number of alkyl halides is 3. The fourth-order valence-corrected chi connectivity index (χ4v) is 1.80. The van der Waals surface area contributed by atoms with Crippen LogP contribution in [0.25, 0.3) is 0 Å². The maximum atomic E-state index is 11.9. The molecule has 1 heterocycles. The Morgan fingerprint density at radius 1 is 1.44 bits per heavy atom. The topological polar surface area (TPSA) is 46.3 Å². The van der Waals surface area contributed by atoms with Crippen molar-refractivity contribution in [2.24, 2.45) is 5.73 Å². The van der Waals surface area contributed by atoms with E-state index in [4.69, 9.17) is 5.73 Å². The summed E-state index contributed by atoms with van der Waals surface area (Å²) >= 11 is 0. The van der Waals surface area contributed by atoms with Crippen LogP contribution in [0.1, 0.15) is 25.7 Å². The van der Waals surface area contributed by atoms with E-state index in [2.05, 4.69) is 0 Å². The van der Waals surface area contributed by atoms with Crippen LogP contribution in [0.4, 0.5) is 13.2 Å². The third-order valence-electron chi connectivity index (χ3n) is 2.59. The Balaban J connectivity index is 0.00000225. The molecule has 1 atom stereocenters. The summed E-state index contributed by atoms with van der Waals surface area (Å²) < 4.78 is 35.7. The van der Waals surface area contributed by atoms with E-state index in [-0.39, 0.29) is 18.4 Å². The highest BCUT2D eigenvalue weighted by atomic mass is 35.5. The van der Waals surface area contributed by atoms with Gasteiger partial charge in [0.15, 0.2) is 0 Å². The van der Waals surface area contributed by atoms with Gasteiger partial charge in [-0.3, -0.25) is 4.79 Å². The molecule has 1 amide bonds. The second kappa shape index (κ2) is 6.30. The van der Waals surface area contributed by atoms with Gasteiger partial charge in [-0.15, -0.1) is 12.4 Å². The number of nitrogens with two attached hydrogens (primary N) is 1. The van der Waals surface area contributed by atoms with Crippen LogP contribution >= 0.6 is 12.4 Å². The smallest absolute Gasteiger partial charge is 0.338 e. The van der Waals surface area contributed by atoms with Gasteiger partial charge in [0, 0.05) is 25.6 Å². The Labute approximate surface area is 98.6 Å². The Hall–Kier alpha value is -0.490. The summed E-state index contributed by atoms with van der Waals surface area (Å²) in [4.78, 5) is 12.9. The molecule has 1 aliphatic heterocycles. The lowest BCUT2D eigenvalue weighted by molar-refractivity contribution is -0.149. The van der Waals surface area contributed by atoms with Gasteiger partial charge in [-0.2, -0.15) is 13.2 Å². The van der Waals surface area contributed by atoms with Crippen molar-refractivity contribution in [3.63, 3.8) is 0 Å². The minimum absolute atomic E-state index is 0. The number of carbonyl (C=O) groups is 1. The Morgan fingerprint density at radius 3 is 2.56 bits per heavy atom. The second-order valence-corrected chi connectivity index (χ2v) is 3.73. The summed E-state index contributed by atoms with van der Waals surface area (Å²) in [6.45, 7) is 0.871. The third kappa shape index (κ3) is 4.57. The first-order valence-corrected chi connectivity index (χ1v) is 5.00. The number of carbonyl (C=O) groups excluding carboxylic acids is 1. The van der Waals surface area contributed by atoms with Gasteiger partial charge in [0.2, 0.25) is 5.91 Å². The fraction of sp³-hybridized carbons (Fsp3) is 0.889. The van der Waals surface area contributed by atoms with Crippen LogP contribution in [-0.4, -0.2) is 36.1 Å². The first-order chi connectivity index (χ1) is 6.94. The molecule has 0 aromatic carbocycles. The molecule has 1 fully saturated rings. The van der Waals surface area contributed by atoms with E-state index < -0.39 is 24.9 Å². The van der Waals surface area contributed by atoms with E-state index in [1.807, 2.05) is 0 Å². The number of likely N-dealkylation sites (tertiary alicyclic amines) is 1. The van der Waals surface area contributed by atoms with Crippen molar-refractivity contribution in [2.75, 3.05) is 13.1 Å². The van der Waals surface area contributed by atoms with Crippen LogP contribution in [0.3, 0.4) is 0 Å². The summed E-state index contributed by atoms with van der Waals surface area (Å²) in [5.74, 6) is -0.430. The zero-order valence-corrected chi connectivity index (χ0v) is 9.61. The monoisotopic (exact) mass is 260 g/mol. The standard InChI is InChI=1S/C9H15F3N2O.ClH/c10-9(11,12)4-3-8(15)14-5-1-2-7(14)6-13;/h7H,1-6,13H2;1H. The van der Waals surface area contributed by atoms with Crippen molar-refractivity contribution >= 4 is 18.3 Å². The van der Waals surface area contributed by atoms with Crippen LogP contribution in [0, 0.1) is 0 Å². The molecule has 3 nitrogen and oxygen atoms in total. The summed E-state index contributed by atoms with van der Waals surface area (Å²) in [7, 11) is 0. The minimum atomic E-state index is -4.26. The molecule has 7 heteroatoms. The van der Waals surface area contributed by atoms with Gasteiger partial charge in [-0.25, -0.2) is 0 Å². The molecular formula is C9H16ClF3N2O. The summed E-state index contributed by atoms with van der Waals surface area (Å²) in [5, 5.41) is 0. The largest absolute Gasteiger partial charge is 0.389 e. The van der Waals surface area contributed by atoms with Crippen LogP contribution in [0.2, 0.25) is 0 Å². The van der Waals surface area contributed by atoms with Gasteiger partial charge >= 0.3 is 6.18 Å². The molecule has 0 radical (unpaired) electrons. The highest BCUT2D eigenvalue weighted by Crippen LogP contribution is 2.24. The van der Waals surface area contributed by atoms with E-state index in [0.717, 1.165) is 12.8 Å². The molecule has 16 heavy (non-hydrogen) atoms. The van der Waals surface area contributed by atoms with E-state index in [9.17, 15) is 18.0 Å². The second-order valence-electron chi connectivity index (χ2n) is 3.73. The molecule has 96 valence electrons. The van der Waals surface area contributed by atoms with E-state index in [0.29, 0.717) is 13.1 Å². The van der Waals surface area contributed by atoms with Gasteiger partial charge in [0.25, 0.3) is 0 Å². The quantitative estimate of drug-likeness (QED) is 0.840. The fourth-order valence-electron chi connectivity index (χ4n) is 1.80. The SMILES string of the molecule is Cl.NCC1CCCN1C(=O)CCC(F)(F)F. The zero-order valence-electron chi connectivity index (χ0n) is 8.79. The van der Waals surface area contributed by atoms with E-state index in [1.54, 1.807) is 0 Å². The molecule has 0 aromatic rings. The zero-order chi connectivity index (χ0) is 11.5. The van der Waals surface area contributed by atoms with Crippen molar-refractivity contribution in [3.8, 4) is 0 Å². The number of nitrogens with zero attached hydrogens (tertiary/aromatic N) is 1. The highest BCUT2D eigenvalue weighted by Gasteiger charge is 2.32. The lowest BCUT2D eigenvalue weighted by Crippen LogP contribution is -2.40. The minimum Gasteiger partial charge on any atom is -0.338 e. The molecule has 1 unspecified atom stereocenters. The Morgan fingerprint density at radius 2 is 2.06 bits per heavy atom. The first kappa shape index (κ1) is 15.5. The van der Waals surface area contributed by atoms with Gasteiger partial charge in [0.1, 0.15) is 0 Å². The number of halogens is 4. The van der Waals surface area contributed by atoms with Gasteiger partial charge in [0.05, 0.1) is 6.42 Å². The van der Waals surface area contributed by atoms with Crippen LogP contribution in [0.5, 0.6) is 0 Å². The average molecular weight is 261 g/mol. The van der Waals surface area contributed by atoms with Crippen LogP contribution < -0.4 is 5.73 Å². The van der Waals surface area contributed by atoms with E-state index >= 15 is 0 Å². The lowest BCUT2D eigenvalue weighted by Gasteiger charge is -2.23. The van der Waals surface area contributed by atoms with Crippen LogP contribution in [-0.2, 0) is 4.79 Å². The van der Waals surface area contributed by atoms with Crippen molar-refractivity contribution in [1.82, 2.24) is 4.90 Å². The number of amides is 1. The predicted molar refractivity (Wildman–Crippen MR) is 56.3 cm³/mol. The number of hydrogen-bond acceptors (Lipinski definition) is 2. The predicted octanol–water partition coefficient (Wildman–Crippen LogP) is 1.70. The molecule has 0 saturated carbocycles. The molecule has 2 N–H and O–H groups in total.